The Hall–Kier alpha value is -1.59. The van der Waals surface area contributed by atoms with Crippen LogP contribution >= 0.6 is 0 Å². The molecule has 1 amide bonds. The van der Waals surface area contributed by atoms with Crippen LogP contribution in [0.4, 0.5) is 11.4 Å². The lowest BCUT2D eigenvalue weighted by molar-refractivity contribution is -0.121. The number of nitrogen functional groups attached to an aromatic ring is 1. The van der Waals surface area contributed by atoms with Gasteiger partial charge in [-0.25, -0.2) is 0 Å². The first-order valence-electron chi connectivity index (χ1n) is 6.80. The van der Waals surface area contributed by atoms with E-state index in [0.717, 1.165) is 5.56 Å². The van der Waals surface area contributed by atoms with Gasteiger partial charge in [-0.15, -0.1) is 0 Å². The molecule has 1 aromatic carbocycles. The summed E-state index contributed by atoms with van der Waals surface area (Å²) in [6.07, 6.45) is 0. The summed E-state index contributed by atoms with van der Waals surface area (Å²) in [5.74, 6) is 0.284. The molecule has 0 radical (unpaired) electrons. The molecule has 0 aliphatic carbocycles. The maximum atomic E-state index is 11.7. The number of nitrogens with two attached hydrogens (primary N) is 1. The number of aryl methyl sites for hydroxylation is 1. The summed E-state index contributed by atoms with van der Waals surface area (Å²) in [4.78, 5) is 11.7. The number of carbonyl (C=O) groups excluding carboxylic acids is 1. The molecular formula is C15H24N2O3. The van der Waals surface area contributed by atoms with Crippen LogP contribution < -0.4 is 11.1 Å². The van der Waals surface area contributed by atoms with Crippen LogP contribution in [0.5, 0.6) is 0 Å². The van der Waals surface area contributed by atoms with Crippen molar-refractivity contribution in [2.24, 2.45) is 5.92 Å². The monoisotopic (exact) mass is 280 g/mol. The van der Waals surface area contributed by atoms with Crippen LogP contribution in [0.3, 0.4) is 0 Å². The van der Waals surface area contributed by atoms with Gasteiger partial charge in [0.2, 0.25) is 5.91 Å². The van der Waals surface area contributed by atoms with Crippen LogP contribution in [0.15, 0.2) is 18.2 Å². The Kier molecular flexibility index (Phi) is 7.04. The van der Waals surface area contributed by atoms with E-state index in [1.165, 1.54) is 0 Å². The zero-order valence-corrected chi connectivity index (χ0v) is 12.4. The lowest BCUT2D eigenvalue weighted by Gasteiger charge is -2.10. The molecule has 5 nitrogen and oxygen atoms in total. The summed E-state index contributed by atoms with van der Waals surface area (Å²) in [5.41, 5.74) is 8.04. The summed E-state index contributed by atoms with van der Waals surface area (Å²) in [7, 11) is 0. The molecule has 5 heteroatoms. The van der Waals surface area contributed by atoms with E-state index in [9.17, 15) is 4.79 Å². The molecule has 0 saturated carbocycles. The minimum Gasteiger partial charge on any atom is -0.397 e. The Morgan fingerprint density at radius 2 is 2.00 bits per heavy atom. The smallest absolute Gasteiger partial charge is 0.250 e. The van der Waals surface area contributed by atoms with E-state index in [-0.39, 0.29) is 12.5 Å². The average molecular weight is 280 g/mol. The van der Waals surface area contributed by atoms with Crippen LogP contribution in [0.2, 0.25) is 0 Å². The van der Waals surface area contributed by atoms with Gasteiger partial charge in [-0.2, -0.15) is 0 Å². The third kappa shape index (κ3) is 6.54. The second kappa shape index (κ2) is 8.55. The van der Waals surface area contributed by atoms with Crippen LogP contribution in [0.1, 0.15) is 19.4 Å². The van der Waals surface area contributed by atoms with E-state index in [2.05, 4.69) is 19.2 Å². The highest BCUT2D eigenvalue weighted by molar-refractivity contribution is 5.94. The molecule has 0 aromatic heterocycles. The van der Waals surface area contributed by atoms with E-state index >= 15 is 0 Å². The molecule has 0 saturated heterocycles. The fourth-order valence-corrected chi connectivity index (χ4v) is 1.58. The van der Waals surface area contributed by atoms with Gasteiger partial charge in [-0.05, 0) is 30.5 Å². The van der Waals surface area contributed by atoms with E-state index in [1.807, 2.05) is 19.1 Å². The van der Waals surface area contributed by atoms with Gasteiger partial charge in [0, 0.05) is 6.61 Å². The molecule has 0 heterocycles. The summed E-state index contributed by atoms with van der Waals surface area (Å²) >= 11 is 0. The maximum absolute atomic E-state index is 11.7. The van der Waals surface area contributed by atoms with E-state index in [1.54, 1.807) is 6.07 Å². The number of ether oxygens (including phenoxy) is 2. The summed E-state index contributed by atoms with van der Waals surface area (Å²) in [5, 5.41) is 2.72. The number of anilines is 2. The Bertz CT molecular complexity index is 433. The van der Waals surface area contributed by atoms with Gasteiger partial charge >= 0.3 is 0 Å². The Morgan fingerprint density at radius 1 is 1.30 bits per heavy atom. The molecule has 1 aromatic rings. The van der Waals surface area contributed by atoms with E-state index in [4.69, 9.17) is 15.2 Å². The summed E-state index contributed by atoms with van der Waals surface area (Å²) < 4.78 is 10.6. The zero-order chi connectivity index (χ0) is 15.0. The number of hydrogen-bond acceptors (Lipinski definition) is 4. The Labute approximate surface area is 120 Å². The topological polar surface area (TPSA) is 73.6 Å². The number of amides is 1. The summed E-state index contributed by atoms with van der Waals surface area (Å²) in [6.45, 7) is 7.72. The van der Waals surface area contributed by atoms with E-state index in [0.29, 0.717) is 37.1 Å². The van der Waals surface area contributed by atoms with Crippen molar-refractivity contribution in [3.8, 4) is 0 Å². The molecule has 0 aliphatic heterocycles. The second-order valence-corrected chi connectivity index (χ2v) is 5.16. The van der Waals surface area contributed by atoms with Crippen molar-refractivity contribution >= 4 is 17.3 Å². The second-order valence-electron chi connectivity index (χ2n) is 5.16. The average Bonchev–Trinajstić information content (AvgIpc) is 2.36. The minimum atomic E-state index is -0.218. The lowest BCUT2D eigenvalue weighted by atomic mass is 10.2. The normalized spacial score (nSPS) is 10.8. The predicted octanol–water partition coefficient (Wildman–Crippen LogP) is 2.20. The molecule has 112 valence electrons. The fourth-order valence-electron chi connectivity index (χ4n) is 1.58. The maximum Gasteiger partial charge on any atom is 0.250 e. The molecule has 0 atom stereocenters. The SMILES string of the molecule is Cc1ccc(NC(=O)COCCOCC(C)C)c(N)c1. The van der Waals surface area contributed by atoms with Crippen molar-refractivity contribution in [3.05, 3.63) is 23.8 Å². The van der Waals surface area contributed by atoms with Crippen molar-refractivity contribution in [3.63, 3.8) is 0 Å². The number of hydrogen-bond donors (Lipinski definition) is 2. The quantitative estimate of drug-likeness (QED) is 0.565. The number of carbonyl (C=O) groups is 1. The highest BCUT2D eigenvalue weighted by Crippen LogP contribution is 2.19. The van der Waals surface area contributed by atoms with Crippen LogP contribution in [0, 0.1) is 12.8 Å². The largest absolute Gasteiger partial charge is 0.397 e. The number of benzene rings is 1. The van der Waals surface area contributed by atoms with Gasteiger partial charge < -0.3 is 20.5 Å². The molecular weight excluding hydrogens is 256 g/mol. The zero-order valence-electron chi connectivity index (χ0n) is 12.4. The number of nitrogens with one attached hydrogen (secondary N) is 1. The third-order valence-electron chi connectivity index (χ3n) is 2.54. The van der Waals surface area contributed by atoms with E-state index < -0.39 is 0 Å². The van der Waals surface area contributed by atoms with Crippen molar-refractivity contribution in [2.75, 3.05) is 37.5 Å². The molecule has 3 N–H and O–H groups in total. The van der Waals surface area contributed by atoms with Gasteiger partial charge in [0.05, 0.1) is 24.6 Å². The van der Waals surface area contributed by atoms with Crippen LogP contribution in [-0.2, 0) is 14.3 Å². The van der Waals surface area contributed by atoms with Crippen molar-refractivity contribution in [1.29, 1.82) is 0 Å². The van der Waals surface area contributed by atoms with Gasteiger partial charge in [-0.3, -0.25) is 4.79 Å². The lowest BCUT2D eigenvalue weighted by Crippen LogP contribution is -2.20. The minimum absolute atomic E-state index is 0.00163. The molecule has 0 spiro atoms. The van der Waals surface area contributed by atoms with Crippen LogP contribution in [-0.4, -0.2) is 32.3 Å². The molecule has 20 heavy (non-hydrogen) atoms. The van der Waals surface area contributed by atoms with Crippen molar-refractivity contribution < 1.29 is 14.3 Å². The Balaban J connectivity index is 2.20. The number of rotatable bonds is 8. The third-order valence-corrected chi connectivity index (χ3v) is 2.54. The Morgan fingerprint density at radius 3 is 2.65 bits per heavy atom. The fraction of sp³-hybridized carbons (Fsp3) is 0.533. The van der Waals surface area contributed by atoms with Crippen molar-refractivity contribution in [2.45, 2.75) is 20.8 Å². The van der Waals surface area contributed by atoms with Crippen LogP contribution in [0.25, 0.3) is 0 Å². The van der Waals surface area contributed by atoms with Gasteiger partial charge in [0.25, 0.3) is 0 Å². The molecule has 1 rings (SSSR count). The van der Waals surface area contributed by atoms with Crippen molar-refractivity contribution in [1.82, 2.24) is 0 Å². The highest BCUT2D eigenvalue weighted by atomic mass is 16.5. The van der Waals surface area contributed by atoms with Gasteiger partial charge in [0.15, 0.2) is 0 Å². The molecule has 0 aliphatic rings. The molecule has 0 unspecified atom stereocenters. The van der Waals surface area contributed by atoms with Gasteiger partial charge in [-0.1, -0.05) is 19.9 Å². The first kappa shape index (κ1) is 16.5. The molecule has 0 bridgehead atoms. The predicted molar refractivity (Wildman–Crippen MR) is 80.7 cm³/mol. The highest BCUT2D eigenvalue weighted by Gasteiger charge is 2.05. The first-order chi connectivity index (χ1) is 9.49. The standard InChI is InChI=1S/C15H24N2O3/c1-11(2)9-19-6-7-20-10-15(18)17-14-5-4-12(3)8-13(14)16/h4-5,8,11H,6-7,9-10,16H2,1-3H3,(H,17,18). The summed E-state index contributed by atoms with van der Waals surface area (Å²) in [6, 6.07) is 5.50. The molecule has 0 fully saturated rings. The first-order valence-corrected chi connectivity index (χ1v) is 6.80. The van der Waals surface area contributed by atoms with Gasteiger partial charge in [0.1, 0.15) is 6.61 Å².